The zero-order chi connectivity index (χ0) is 11.3. The van der Waals surface area contributed by atoms with Crippen LogP contribution in [0.25, 0.3) is 6.08 Å². The maximum Gasteiger partial charge on any atom is 0.263 e. The van der Waals surface area contributed by atoms with E-state index in [1.165, 1.54) is 12.1 Å². The molecule has 1 aromatic carbocycles. The number of rotatable bonds is 4. The SMILES string of the molecule is CC/C(=C/c1ccc(C(F)F)cc1)CCl. The summed E-state index contributed by atoms with van der Waals surface area (Å²) in [6, 6.07) is 6.25. The van der Waals surface area contributed by atoms with Gasteiger partial charge >= 0.3 is 0 Å². The molecule has 1 aromatic rings. The van der Waals surface area contributed by atoms with Gasteiger partial charge in [0.25, 0.3) is 6.43 Å². The number of allylic oxidation sites excluding steroid dienone is 1. The highest BCUT2D eigenvalue weighted by Gasteiger charge is 2.05. The van der Waals surface area contributed by atoms with E-state index in [4.69, 9.17) is 11.6 Å². The number of benzene rings is 1. The molecule has 0 N–H and O–H groups in total. The Hall–Kier alpha value is -0.890. The van der Waals surface area contributed by atoms with Crippen LogP contribution in [-0.4, -0.2) is 5.88 Å². The third-order valence-corrected chi connectivity index (χ3v) is 2.53. The lowest BCUT2D eigenvalue weighted by Crippen LogP contribution is -1.85. The number of halogens is 3. The topological polar surface area (TPSA) is 0 Å². The summed E-state index contributed by atoms with van der Waals surface area (Å²) < 4.78 is 24.5. The molecule has 82 valence electrons. The van der Waals surface area contributed by atoms with Crippen LogP contribution < -0.4 is 0 Å². The number of hydrogen-bond donors (Lipinski definition) is 0. The molecule has 15 heavy (non-hydrogen) atoms. The first-order valence-corrected chi connectivity index (χ1v) is 5.34. The van der Waals surface area contributed by atoms with Crippen molar-refractivity contribution in [3.63, 3.8) is 0 Å². The van der Waals surface area contributed by atoms with E-state index >= 15 is 0 Å². The van der Waals surface area contributed by atoms with Crippen molar-refractivity contribution >= 4 is 17.7 Å². The highest BCUT2D eigenvalue weighted by Crippen LogP contribution is 2.20. The van der Waals surface area contributed by atoms with Crippen molar-refractivity contribution in [2.75, 3.05) is 5.88 Å². The molecule has 0 aromatic heterocycles. The molecule has 0 saturated carbocycles. The van der Waals surface area contributed by atoms with Crippen molar-refractivity contribution in [1.82, 2.24) is 0 Å². The molecule has 1 rings (SSSR count). The summed E-state index contributed by atoms with van der Waals surface area (Å²) >= 11 is 5.71. The molecule has 0 spiro atoms. The van der Waals surface area contributed by atoms with Gasteiger partial charge < -0.3 is 0 Å². The zero-order valence-corrected chi connectivity index (χ0v) is 9.27. The molecule has 0 nitrogen and oxygen atoms in total. The lowest BCUT2D eigenvalue weighted by molar-refractivity contribution is 0.151. The molecule has 0 bridgehead atoms. The molecular weight excluding hydrogens is 218 g/mol. The number of alkyl halides is 3. The minimum Gasteiger partial charge on any atom is -0.205 e. The van der Waals surface area contributed by atoms with E-state index in [2.05, 4.69) is 0 Å². The van der Waals surface area contributed by atoms with E-state index in [0.717, 1.165) is 17.6 Å². The van der Waals surface area contributed by atoms with Crippen LogP contribution in [0.15, 0.2) is 29.8 Å². The molecule has 3 heteroatoms. The Labute approximate surface area is 93.6 Å². The van der Waals surface area contributed by atoms with Crippen LogP contribution >= 0.6 is 11.6 Å². The Morgan fingerprint density at radius 1 is 1.33 bits per heavy atom. The average Bonchev–Trinajstić information content (AvgIpc) is 2.26. The van der Waals surface area contributed by atoms with Crippen LogP contribution in [-0.2, 0) is 0 Å². The molecule has 0 fully saturated rings. The van der Waals surface area contributed by atoms with Crippen molar-refractivity contribution in [3.8, 4) is 0 Å². The van der Waals surface area contributed by atoms with Gasteiger partial charge in [0.1, 0.15) is 0 Å². The zero-order valence-electron chi connectivity index (χ0n) is 8.51. The summed E-state index contributed by atoms with van der Waals surface area (Å²) in [6.45, 7) is 2.02. The van der Waals surface area contributed by atoms with Gasteiger partial charge in [-0.1, -0.05) is 42.8 Å². The van der Waals surface area contributed by atoms with E-state index < -0.39 is 6.43 Å². The summed E-state index contributed by atoms with van der Waals surface area (Å²) in [7, 11) is 0. The second-order valence-corrected chi connectivity index (χ2v) is 3.52. The second-order valence-electron chi connectivity index (χ2n) is 3.26. The summed E-state index contributed by atoms with van der Waals surface area (Å²) in [6.07, 6.45) is 0.407. The van der Waals surface area contributed by atoms with E-state index in [1.807, 2.05) is 13.0 Å². The van der Waals surface area contributed by atoms with Crippen molar-refractivity contribution in [3.05, 3.63) is 41.0 Å². The van der Waals surface area contributed by atoms with E-state index in [0.29, 0.717) is 5.88 Å². The van der Waals surface area contributed by atoms with Crippen LogP contribution in [0.4, 0.5) is 8.78 Å². The molecule has 0 aliphatic heterocycles. The fraction of sp³-hybridized carbons (Fsp3) is 0.333. The molecule has 0 heterocycles. The summed E-state index contributed by atoms with van der Waals surface area (Å²) in [5.41, 5.74) is 2.06. The van der Waals surface area contributed by atoms with Crippen molar-refractivity contribution in [2.24, 2.45) is 0 Å². The molecular formula is C12H13ClF2. The normalized spacial score (nSPS) is 12.2. The molecule has 0 aliphatic carbocycles. The van der Waals surface area contributed by atoms with Crippen molar-refractivity contribution in [1.29, 1.82) is 0 Å². The monoisotopic (exact) mass is 230 g/mol. The Morgan fingerprint density at radius 3 is 2.33 bits per heavy atom. The first-order chi connectivity index (χ1) is 7.17. The Bertz CT molecular complexity index is 322. The maximum absolute atomic E-state index is 12.3. The van der Waals surface area contributed by atoms with Crippen LogP contribution in [0.3, 0.4) is 0 Å². The van der Waals surface area contributed by atoms with E-state index in [1.54, 1.807) is 12.1 Å². The van der Waals surface area contributed by atoms with Crippen LogP contribution in [0.1, 0.15) is 30.9 Å². The lowest BCUT2D eigenvalue weighted by atomic mass is 10.1. The minimum atomic E-state index is -2.40. The predicted octanol–water partition coefficient (Wildman–Crippen LogP) is 4.66. The van der Waals surface area contributed by atoms with Crippen molar-refractivity contribution in [2.45, 2.75) is 19.8 Å². The van der Waals surface area contributed by atoms with E-state index in [9.17, 15) is 8.78 Å². The highest BCUT2D eigenvalue weighted by molar-refractivity contribution is 6.19. The molecule has 0 saturated heterocycles. The minimum absolute atomic E-state index is 0.0519. The fourth-order valence-electron chi connectivity index (χ4n) is 1.21. The Morgan fingerprint density at radius 2 is 1.93 bits per heavy atom. The highest BCUT2D eigenvalue weighted by atomic mass is 35.5. The van der Waals surface area contributed by atoms with Gasteiger partial charge in [0.2, 0.25) is 0 Å². The molecule has 0 radical (unpaired) electrons. The molecule has 0 aliphatic rings. The fourth-order valence-corrected chi connectivity index (χ4v) is 1.47. The lowest BCUT2D eigenvalue weighted by Gasteiger charge is -2.02. The number of hydrogen-bond acceptors (Lipinski definition) is 0. The van der Waals surface area contributed by atoms with Crippen LogP contribution in [0, 0.1) is 0 Å². The van der Waals surface area contributed by atoms with Gasteiger partial charge in [0.15, 0.2) is 0 Å². The quantitative estimate of drug-likeness (QED) is 0.660. The second kappa shape index (κ2) is 5.86. The van der Waals surface area contributed by atoms with Gasteiger partial charge in [-0.3, -0.25) is 0 Å². The Kier molecular flexibility index (Phi) is 4.76. The summed E-state index contributed by atoms with van der Waals surface area (Å²) in [5, 5.41) is 0. The first kappa shape index (κ1) is 12.2. The smallest absolute Gasteiger partial charge is 0.205 e. The van der Waals surface area contributed by atoms with Crippen molar-refractivity contribution < 1.29 is 8.78 Å². The first-order valence-electron chi connectivity index (χ1n) is 4.81. The standard InChI is InChI=1S/C12H13ClF2/c1-2-9(8-13)7-10-3-5-11(6-4-10)12(14)15/h3-7,12H,2,8H2,1H3/b9-7-. The predicted molar refractivity (Wildman–Crippen MR) is 60.4 cm³/mol. The Balaban J connectivity index is 2.84. The molecule has 0 atom stereocenters. The van der Waals surface area contributed by atoms with Gasteiger partial charge in [0, 0.05) is 11.4 Å². The third kappa shape index (κ3) is 3.63. The summed E-state index contributed by atoms with van der Waals surface area (Å²) in [5.74, 6) is 0.479. The third-order valence-electron chi connectivity index (χ3n) is 2.19. The maximum atomic E-state index is 12.3. The largest absolute Gasteiger partial charge is 0.263 e. The summed E-state index contributed by atoms with van der Waals surface area (Å²) in [4.78, 5) is 0. The van der Waals surface area contributed by atoms with Crippen LogP contribution in [0.5, 0.6) is 0 Å². The van der Waals surface area contributed by atoms with Gasteiger partial charge in [-0.2, -0.15) is 0 Å². The van der Waals surface area contributed by atoms with Gasteiger partial charge in [-0.05, 0) is 12.0 Å². The van der Waals surface area contributed by atoms with Gasteiger partial charge in [-0.15, -0.1) is 11.6 Å². The van der Waals surface area contributed by atoms with E-state index in [-0.39, 0.29) is 5.56 Å². The average molecular weight is 231 g/mol. The van der Waals surface area contributed by atoms with Crippen LogP contribution in [0.2, 0.25) is 0 Å². The van der Waals surface area contributed by atoms with Gasteiger partial charge in [-0.25, -0.2) is 8.78 Å². The molecule has 0 unspecified atom stereocenters. The van der Waals surface area contributed by atoms with Gasteiger partial charge in [0.05, 0.1) is 0 Å². The molecule has 0 amide bonds.